The summed E-state index contributed by atoms with van der Waals surface area (Å²) < 4.78 is 6.23. The average molecular weight is 404 g/mol. The van der Waals surface area contributed by atoms with E-state index in [0.29, 0.717) is 13.0 Å². The van der Waals surface area contributed by atoms with Gasteiger partial charge in [-0.2, -0.15) is 0 Å². The maximum atomic E-state index is 5.22. The number of aryl methyl sites for hydroxylation is 1. The SMILES string of the molecule is CCNc1nc(Cc2nc(C)cs2)nc(COC)c1I. The Bertz CT molecular complexity index is 560. The van der Waals surface area contributed by atoms with E-state index in [1.165, 1.54) is 0 Å². The summed E-state index contributed by atoms with van der Waals surface area (Å²) in [5, 5.41) is 6.36. The molecule has 0 aliphatic rings. The van der Waals surface area contributed by atoms with E-state index in [1.54, 1.807) is 18.4 Å². The molecule has 0 saturated carbocycles. The first-order valence-corrected chi connectivity index (χ1v) is 8.29. The maximum Gasteiger partial charge on any atom is 0.143 e. The van der Waals surface area contributed by atoms with Gasteiger partial charge in [0.25, 0.3) is 0 Å². The van der Waals surface area contributed by atoms with Crippen molar-refractivity contribution < 1.29 is 4.74 Å². The molecule has 2 aromatic rings. The molecule has 0 saturated heterocycles. The van der Waals surface area contributed by atoms with Crippen LogP contribution in [0, 0.1) is 10.5 Å². The lowest BCUT2D eigenvalue weighted by Crippen LogP contribution is -2.10. The number of aromatic nitrogens is 3. The number of hydrogen-bond acceptors (Lipinski definition) is 6. The predicted molar refractivity (Wildman–Crippen MR) is 89.3 cm³/mol. The van der Waals surface area contributed by atoms with Gasteiger partial charge in [0.1, 0.15) is 16.6 Å². The number of nitrogens with one attached hydrogen (secondary N) is 1. The van der Waals surface area contributed by atoms with Crippen LogP contribution in [0.5, 0.6) is 0 Å². The molecule has 0 aliphatic heterocycles. The first-order valence-electron chi connectivity index (χ1n) is 6.33. The summed E-state index contributed by atoms with van der Waals surface area (Å²) in [6.07, 6.45) is 0.657. The van der Waals surface area contributed by atoms with Gasteiger partial charge in [-0.05, 0) is 36.4 Å². The number of anilines is 1. The number of hydrogen-bond donors (Lipinski definition) is 1. The fourth-order valence-corrected chi connectivity index (χ4v) is 3.12. The lowest BCUT2D eigenvalue weighted by atomic mass is 10.3. The molecule has 2 aromatic heterocycles. The summed E-state index contributed by atoms with van der Waals surface area (Å²) in [5.41, 5.74) is 1.96. The van der Waals surface area contributed by atoms with E-state index in [2.05, 4.69) is 49.8 Å². The molecule has 0 spiro atoms. The Morgan fingerprint density at radius 3 is 2.75 bits per heavy atom. The van der Waals surface area contributed by atoms with Gasteiger partial charge >= 0.3 is 0 Å². The van der Waals surface area contributed by atoms with Crippen LogP contribution < -0.4 is 5.32 Å². The van der Waals surface area contributed by atoms with Crippen LogP contribution in [-0.4, -0.2) is 28.6 Å². The van der Waals surface area contributed by atoms with E-state index in [1.807, 2.05) is 12.3 Å². The molecule has 0 atom stereocenters. The maximum absolute atomic E-state index is 5.22. The van der Waals surface area contributed by atoms with Crippen LogP contribution in [0.1, 0.15) is 29.1 Å². The molecule has 0 fully saturated rings. The quantitative estimate of drug-likeness (QED) is 0.751. The van der Waals surface area contributed by atoms with Gasteiger partial charge in [-0.1, -0.05) is 0 Å². The third kappa shape index (κ3) is 3.86. The number of rotatable bonds is 6. The molecule has 0 aliphatic carbocycles. The minimum absolute atomic E-state index is 0.489. The highest BCUT2D eigenvalue weighted by Gasteiger charge is 2.13. The molecule has 0 bridgehead atoms. The van der Waals surface area contributed by atoms with Gasteiger partial charge in [0.05, 0.1) is 22.3 Å². The summed E-state index contributed by atoms with van der Waals surface area (Å²) >= 11 is 3.90. The van der Waals surface area contributed by atoms with Crippen molar-refractivity contribution in [3.05, 3.63) is 31.2 Å². The second kappa shape index (κ2) is 7.28. The first kappa shape index (κ1) is 15.6. The number of nitrogens with zero attached hydrogens (tertiary/aromatic N) is 3. The van der Waals surface area contributed by atoms with Gasteiger partial charge in [0.2, 0.25) is 0 Å². The topological polar surface area (TPSA) is 59.9 Å². The molecule has 0 radical (unpaired) electrons. The lowest BCUT2D eigenvalue weighted by molar-refractivity contribution is 0.180. The molecule has 1 N–H and O–H groups in total. The highest BCUT2D eigenvalue weighted by atomic mass is 127. The summed E-state index contributed by atoms with van der Waals surface area (Å²) in [6.45, 7) is 5.37. The van der Waals surface area contributed by atoms with Crippen LogP contribution in [0.25, 0.3) is 0 Å². The zero-order valence-corrected chi connectivity index (χ0v) is 14.7. The predicted octanol–water partition coefficient (Wildman–Crippen LogP) is 3.02. The minimum atomic E-state index is 0.489. The molecule has 0 amide bonds. The molecule has 2 heterocycles. The number of methoxy groups -OCH3 is 1. The number of ether oxygens (including phenoxy) is 1. The standard InChI is InChI=1S/C13H17IN4OS/c1-4-15-13-12(14)9(6-19-3)17-10(18-13)5-11-16-8(2)7-20-11/h7H,4-6H2,1-3H3,(H,15,17,18). The van der Waals surface area contributed by atoms with Gasteiger partial charge in [0.15, 0.2) is 0 Å². The van der Waals surface area contributed by atoms with Crippen molar-refractivity contribution >= 4 is 39.7 Å². The second-order valence-corrected chi connectivity index (χ2v) is 6.29. The molecule has 0 aromatic carbocycles. The molecule has 5 nitrogen and oxygen atoms in total. The third-order valence-corrected chi connectivity index (χ3v) is 4.67. The van der Waals surface area contributed by atoms with Crippen LogP contribution in [0.2, 0.25) is 0 Å². The van der Waals surface area contributed by atoms with E-state index in [4.69, 9.17) is 4.74 Å². The van der Waals surface area contributed by atoms with Gasteiger partial charge < -0.3 is 10.1 Å². The lowest BCUT2D eigenvalue weighted by Gasteiger charge is -2.11. The molecule has 2 rings (SSSR count). The highest BCUT2D eigenvalue weighted by molar-refractivity contribution is 14.1. The Morgan fingerprint density at radius 1 is 1.35 bits per heavy atom. The Kier molecular flexibility index (Phi) is 5.67. The van der Waals surface area contributed by atoms with Crippen LogP contribution in [0.4, 0.5) is 5.82 Å². The molecule has 7 heteroatoms. The summed E-state index contributed by atoms with van der Waals surface area (Å²) in [6, 6.07) is 0. The van der Waals surface area contributed by atoms with E-state index < -0.39 is 0 Å². The fraction of sp³-hybridized carbons (Fsp3) is 0.462. The van der Waals surface area contributed by atoms with Crippen LogP contribution in [0.15, 0.2) is 5.38 Å². The normalized spacial score (nSPS) is 10.8. The van der Waals surface area contributed by atoms with Crippen LogP contribution in [0.3, 0.4) is 0 Å². The van der Waals surface area contributed by atoms with Gasteiger partial charge in [-0.15, -0.1) is 11.3 Å². The monoisotopic (exact) mass is 404 g/mol. The van der Waals surface area contributed by atoms with Gasteiger partial charge in [0, 0.05) is 24.7 Å². The van der Waals surface area contributed by atoms with Gasteiger partial charge in [-0.3, -0.25) is 0 Å². The summed E-state index contributed by atoms with van der Waals surface area (Å²) in [5.74, 6) is 1.65. The van der Waals surface area contributed by atoms with Crippen molar-refractivity contribution in [1.29, 1.82) is 0 Å². The molecule has 108 valence electrons. The van der Waals surface area contributed by atoms with Crippen molar-refractivity contribution in [1.82, 2.24) is 15.0 Å². The molecular formula is C13H17IN4OS. The second-order valence-electron chi connectivity index (χ2n) is 4.27. The minimum Gasteiger partial charge on any atom is -0.378 e. The van der Waals surface area contributed by atoms with Crippen LogP contribution >= 0.6 is 33.9 Å². The molecule has 20 heavy (non-hydrogen) atoms. The molecular weight excluding hydrogens is 387 g/mol. The smallest absolute Gasteiger partial charge is 0.143 e. The van der Waals surface area contributed by atoms with E-state index in [0.717, 1.165) is 38.2 Å². The van der Waals surface area contributed by atoms with Crippen LogP contribution in [-0.2, 0) is 17.8 Å². The Labute approximate surface area is 136 Å². The van der Waals surface area contributed by atoms with Crippen molar-refractivity contribution in [2.45, 2.75) is 26.9 Å². The third-order valence-electron chi connectivity index (χ3n) is 2.57. The largest absolute Gasteiger partial charge is 0.378 e. The Morgan fingerprint density at radius 2 is 2.15 bits per heavy atom. The first-order chi connectivity index (χ1) is 9.63. The Balaban J connectivity index is 2.31. The summed E-state index contributed by atoms with van der Waals surface area (Å²) in [7, 11) is 1.68. The zero-order valence-electron chi connectivity index (χ0n) is 11.7. The van der Waals surface area contributed by atoms with Crippen molar-refractivity contribution in [3.63, 3.8) is 0 Å². The van der Waals surface area contributed by atoms with Crippen molar-refractivity contribution in [3.8, 4) is 0 Å². The number of halogens is 1. The van der Waals surface area contributed by atoms with Gasteiger partial charge in [-0.25, -0.2) is 15.0 Å². The van der Waals surface area contributed by atoms with Crippen molar-refractivity contribution in [2.24, 2.45) is 0 Å². The highest BCUT2D eigenvalue weighted by Crippen LogP contribution is 2.21. The van der Waals surface area contributed by atoms with E-state index in [9.17, 15) is 0 Å². The molecule has 0 unspecified atom stereocenters. The Hall–Kier alpha value is -0.800. The summed E-state index contributed by atoms with van der Waals surface area (Å²) in [4.78, 5) is 13.6. The van der Waals surface area contributed by atoms with E-state index in [-0.39, 0.29) is 0 Å². The zero-order chi connectivity index (χ0) is 14.5. The number of thiazole rings is 1. The van der Waals surface area contributed by atoms with Crippen molar-refractivity contribution in [2.75, 3.05) is 19.0 Å². The average Bonchev–Trinajstić information content (AvgIpc) is 2.81. The van der Waals surface area contributed by atoms with E-state index >= 15 is 0 Å². The fourth-order valence-electron chi connectivity index (χ4n) is 1.76.